The third-order valence-corrected chi connectivity index (χ3v) is 5.53. The summed E-state index contributed by atoms with van der Waals surface area (Å²) >= 11 is 1.44. The van der Waals surface area contributed by atoms with Crippen molar-refractivity contribution in [2.75, 3.05) is 20.0 Å². The molecule has 0 saturated carbocycles. The quantitative estimate of drug-likeness (QED) is 0.868. The third-order valence-electron chi connectivity index (χ3n) is 4.20. The molecule has 1 heterocycles. The van der Waals surface area contributed by atoms with Crippen molar-refractivity contribution in [1.29, 1.82) is 0 Å². The molecule has 0 spiro atoms. The van der Waals surface area contributed by atoms with Crippen LogP contribution in [0.4, 0.5) is 0 Å². The number of rotatable bonds is 5. The molecule has 2 aromatic carbocycles. The number of carboxylic acids is 1. The summed E-state index contributed by atoms with van der Waals surface area (Å²) in [4.78, 5) is 26.4. The Labute approximate surface area is 155 Å². The molecule has 0 radical (unpaired) electrons. The van der Waals surface area contributed by atoms with Gasteiger partial charge in [0.25, 0.3) is 5.91 Å². The second-order valence-electron chi connectivity index (χ2n) is 5.76. The van der Waals surface area contributed by atoms with Crippen molar-refractivity contribution in [3.05, 3.63) is 59.7 Å². The number of benzene rings is 2. The van der Waals surface area contributed by atoms with E-state index in [2.05, 4.69) is 0 Å². The van der Waals surface area contributed by atoms with Gasteiger partial charge in [-0.15, -0.1) is 11.8 Å². The monoisotopic (exact) mass is 373 g/mol. The topological polar surface area (TPSA) is 76.1 Å². The molecule has 1 aliphatic rings. The van der Waals surface area contributed by atoms with Crippen LogP contribution in [-0.2, 0) is 4.79 Å². The highest BCUT2D eigenvalue weighted by atomic mass is 32.2. The van der Waals surface area contributed by atoms with Gasteiger partial charge in [-0.3, -0.25) is 4.79 Å². The van der Waals surface area contributed by atoms with Crippen LogP contribution < -0.4 is 9.47 Å². The van der Waals surface area contributed by atoms with Crippen molar-refractivity contribution < 1.29 is 24.2 Å². The highest BCUT2D eigenvalue weighted by Gasteiger charge is 2.42. The predicted molar refractivity (Wildman–Crippen MR) is 98.8 cm³/mol. The first-order valence-electron chi connectivity index (χ1n) is 8.00. The molecule has 1 aliphatic heterocycles. The van der Waals surface area contributed by atoms with Crippen LogP contribution in [0.2, 0.25) is 0 Å². The summed E-state index contributed by atoms with van der Waals surface area (Å²) in [5.74, 6) is -0.0974. The molecule has 1 fully saturated rings. The van der Waals surface area contributed by atoms with Crippen LogP contribution in [0.3, 0.4) is 0 Å². The molecule has 26 heavy (non-hydrogen) atoms. The van der Waals surface area contributed by atoms with Gasteiger partial charge < -0.3 is 19.5 Å². The lowest BCUT2D eigenvalue weighted by Gasteiger charge is -2.28. The minimum Gasteiger partial charge on any atom is -0.497 e. The van der Waals surface area contributed by atoms with Crippen LogP contribution in [0.25, 0.3) is 0 Å². The second-order valence-corrected chi connectivity index (χ2v) is 6.88. The lowest BCUT2D eigenvalue weighted by molar-refractivity contribution is -0.141. The smallest absolute Gasteiger partial charge is 0.327 e. The van der Waals surface area contributed by atoms with E-state index in [0.29, 0.717) is 22.8 Å². The number of ether oxygens (including phenoxy) is 2. The molecular formula is C19H19NO5S. The van der Waals surface area contributed by atoms with E-state index in [0.717, 1.165) is 5.56 Å². The minimum absolute atomic E-state index is 0.330. The Morgan fingerprint density at radius 2 is 1.69 bits per heavy atom. The molecule has 0 unspecified atom stereocenters. The predicted octanol–water partition coefficient (Wildman–Crippen LogP) is 3.04. The fraction of sp³-hybridized carbons (Fsp3) is 0.263. The normalized spacial score (nSPS) is 19.2. The largest absolute Gasteiger partial charge is 0.497 e. The summed E-state index contributed by atoms with van der Waals surface area (Å²) in [5.41, 5.74) is 1.22. The zero-order valence-corrected chi connectivity index (χ0v) is 15.2. The molecule has 2 atom stereocenters. The highest BCUT2D eigenvalue weighted by molar-refractivity contribution is 7.99. The van der Waals surface area contributed by atoms with Crippen LogP contribution in [0.15, 0.2) is 48.5 Å². The number of nitrogens with zero attached hydrogens (tertiary/aromatic N) is 1. The van der Waals surface area contributed by atoms with Gasteiger partial charge in [0, 0.05) is 17.4 Å². The van der Waals surface area contributed by atoms with Gasteiger partial charge in [-0.1, -0.05) is 30.3 Å². The van der Waals surface area contributed by atoms with E-state index in [-0.39, 0.29) is 11.3 Å². The van der Waals surface area contributed by atoms with E-state index >= 15 is 0 Å². The summed E-state index contributed by atoms with van der Waals surface area (Å²) in [6.45, 7) is 0. The van der Waals surface area contributed by atoms with Crippen LogP contribution in [0.1, 0.15) is 21.3 Å². The van der Waals surface area contributed by atoms with Gasteiger partial charge in [0.1, 0.15) is 22.9 Å². The molecule has 1 N–H and O–H groups in total. The molecule has 2 aromatic rings. The van der Waals surface area contributed by atoms with Crippen LogP contribution >= 0.6 is 11.8 Å². The van der Waals surface area contributed by atoms with Crippen molar-refractivity contribution in [3.63, 3.8) is 0 Å². The molecule has 0 bridgehead atoms. The maximum atomic E-state index is 13.2. The van der Waals surface area contributed by atoms with Crippen LogP contribution in [-0.4, -0.2) is 47.9 Å². The fourth-order valence-corrected chi connectivity index (χ4v) is 4.32. The van der Waals surface area contributed by atoms with Crippen molar-refractivity contribution in [1.82, 2.24) is 4.90 Å². The summed E-state index contributed by atoms with van der Waals surface area (Å²) in [7, 11) is 3.00. The van der Waals surface area contributed by atoms with Gasteiger partial charge in [0.2, 0.25) is 0 Å². The maximum Gasteiger partial charge on any atom is 0.327 e. The Kier molecular flexibility index (Phi) is 5.37. The van der Waals surface area contributed by atoms with Crippen LogP contribution in [0.5, 0.6) is 11.5 Å². The molecule has 0 aromatic heterocycles. The maximum absolute atomic E-state index is 13.2. The number of aliphatic carboxylic acids is 1. The first-order valence-corrected chi connectivity index (χ1v) is 9.05. The number of thioether (sulfide) groups is 1. The third kappa shape index (κ3) is 3.48. The molecule has 1 saturated heterocycles. The molecular weight excluding hydrogens is 354 g/mol. The summed E-state index contributed by atoms with van der Waals surface area (Å²) < 4.78 is 10.4. The average molecular weight is 373 g/mol. The molecule has 3 rings (SSSR count). The summed E-state index contributed by atoms with van der Waals surface area (Å²) in [6, 6.07) is 13.4. The first-order chi connectivity index (χ1) is 12.5. The highest BCUT2D eigenvalue weighted by Crippen LogP contribution is 2.42. The molecule has 7 heteroatoms. The Bertz CT molecular complexity index is 789. The first kappa shape index (κ1) is 18.1. The van der Waals surface area contributed by atoms with Gasteiger partial charge in [0.15, 0.2) is 0 Å². The van der Waals surface area contributed by atoms with Crippen LogP contribution in [0, 0.1) is 0 Å². The zero-order chi connectivity index (χ0) is 18.7. The standard InChI is InChI=1S/C19H19NO5S/c1-24-14-8-13(9-15(10-14)25-2)17(21)20-16(19(22)23)11-26-18(20)12-6-4-3-5-7-12/h3-10,16,18H,11H2,1-2H3,(H,22,23)/t16-,18+/m1/s1. The van der Waals surface area contributed by atoms with E-state index in [1.54, 1.807) is 18.2 Å². The number of carbonyl (C=O) groups excluding carboxylic acids is 1. The Balaban J connectivity index is 2.02. The molecule has 6 nitrogen and oxygen atoms in total. The number of methoxy groups -OCH3 is 2. The van der Waals surface area contributed by atoms with Crippen molar-refractivity contribution >= 4 is 23.6 Å². The lowest BCUT2D eigenvalue weighted by Crippen LogP contribution is -2.43. The number of carbonyl (C=O) groups is 2. The zero-order valence-electron chi connectivity index (χ0n) is 14.4. The van der Waals surface area contributed by atoms with Gasteiger partial charge in [-0.2, -0.15) is 0 Å². The fourth-order valence-electron chi connectivity index (χ4n) is 2.90. The summed E-state index contributed by atoms with van der Waals surface area (Å²) in [5, 5.41) is 9.23. The number of hydrogen-bond donors (Lipinski definition) is 1. The van der Waals surface area contributed by atoms with E-state index < -0.39 is 12.0 Å². The SMILES string of the molecule is COc1cc(OC)cc(C(=O)N2[C@@H](C(=O)O)CS[C@H]2c2ccccc2)c1. The summed E-state index contributed by atoms with van der Waals surface area (Å²) in [6.07, 6.45) is 0. The molecule has 1 amide bonds. The Morgan fingerprint density at radius 3 is 2.23 bits per heavy atom. The minimum atomic E-state index is -1.01. The second kappa shape index (κ2) is 7.70. The van der Waals surface area contributed by atoms with Gasteiger partial charge in [-0.25, -0.2) is 4.79 Å². The van der Waals surface area contributed by atoms with Gasteiger partial charge in [-0.05, 0) is 17.7 Å². The Hall–Kier alpha value is -2.67. The lowest BCUT2D eigenvalue weighted by atomic mass is 10.1. The van der Waals surface area contributed by atoms with Gasteiger partial charge in [0.05, 0.1) is 14.2 Å². The van der Waals surface area contributed by atoms with E-state index in [1.807, 2.05) is 30.3 Å². The van der Waals surface area contributed by atoms with Crippen molar-refractivity contribution in [2.45, 2.75) is 11.4 Å². The Morgan fingerprint density at radius 1 is 1.08 bits per heavy atom. The van der Waals surface area contributed by atoms with E-state index in [9.17, 15) is 14.7 Å². The van der Waals surface area contributed by atoms with Crippen molar-refractivity contribution in [2.24, 2.45) is 0 Å². The number of carboxylic acid groups (broad SMARTS) is 1. The van der Waals surface area contributed by atoms with E-state index in [1.165, 1.54) is 30.9 Å². The average Bonchev–Trinajstić information content (AvgIpc) is 3.13. The van der Waals surface area contributed by atoms with Gasteiger partial charge >= 0.3 is 5.97 Å². The number of amides is 1. The molecule has 136 valence electrons. The van der Waals surface area contributed by atoms with E-state index in [4.69, 9.17) is 9.47 Å². The number of hydrogen-bond acceptors (Lipinski definition) is 5. The molecule has 0 aliphatic carbocycles. The van der Waals surface area contributed by atoms with Crippen molar-refractivity contribution in [3.8, 4) is 11.5 Å².